The molecular formula is C15H25ClN2O2S. The summed E-state index contributed by atoms with van der Waals surface area (Å²) < 4.78 is 26.8. The van der Waals surface area contributed by atoms with Gasteiger partial charge in [-0.1, -0.05) is 12.1 Å². The first-order valence-electron chi connectivity index (χ1n) is 7.25. The second kappa shape index (κ2) is 8.13. The van der Waals surface area contributed by atoms with Crippen LogP contribution in [0.4, 0.5) is 0 Å². The average molecular weight is 333 g/mol. The maximum Gasteiger partial charge on any atom is 0.243 e. The summed E-state index contributed by atoms with van der Waals surface area (Å²) in [6, 6.07) is 7.17. The molecule has 1 aliphatic heterocycles. The van der Waals surface area contributed by atoms with Crippen LogP contribution in [0.15, 0.2) is 29.2 Å². The molecule has 120 valence electrons. The fourth-order valence-electron chi connectivity index (χ4n) is 2.71. The number of sulfonamides is 1. The van der Waals surface area contributed by atoms with Crippen molar-refractivity contribution >= 4 is 22.4 Å². The predicted molar refractivity (Wildman–Crippen MR) is 88.5 cm³/mol. The Balaban J connectivity index is 0.00000220. The van der Waals surface area contributed by atoms with E-state index >= 15 is 0 Å². The smallest absolute Gasteiger partial charge is 0.243 e. The summed E-state index contributed by atoms with van der Waals surface area (Å²) in [5.74, 6) is 0.645. The fourth-order valence-corrected chi connectivity index (χ4v) is 4.29. The van der Waals surface area contributed by atoms with Gasteiger partial charge >= 0.3 is 0 Å². The molecule has 0 atom stereocenters. The third kappa shape index (κ3) is 4.68. The summed E-state index contributed by atoms with van der Waals surface area (Å²) in [6.07, 6.45) is 3.06. The summed E-state index contributed by atoms with van der Waals surface area (Å²) >= 11 is 0. The molecule has 0 bridgehead atoms. The number of rotatable bonds is 5. The van der Waals surface area contributed by atoms with Gasteiger partial charge in [0.25, 0.3) is 0 Å². The summed E-state index contributed by atoms with van der Waals surface area (Å²) in [5, 5.41) is 3.16. The van der Waals surface area contributed by atoms with Crippen molar-refractivity contribution in [3.63, 3.8) is 0 Å². The fraction of sp³-hybridized carbons (Fsp3) is 0.600. The summed E-state index contributed by atoms with van der Waals surface area (Å²) in [4.78, 5) is 0.422. The van der Waals surface area contributed by atoms with Gasteiger partial charge in [-0.15, -0.1) is 12.4 Å². The highest BCUT2D eigenvalue weighted by atomic mass is 35.5. The maximum atomic E-state index is 12.6. The van der Waals surface area contributed by atoms with Crippen LogP contribution in [0.25, 0.3) is 0 Å². The Kier molecular flexibility index (Phi) is 7.13. The number of halogens is 1. The monoisotopic (exact) mass is 332 g/mol. The number of benzene rings is 1. The highest BCUT2D eigenvalue weighted by molar-refractivity contribution is 7.89. The summed E-state index contributed by atoms with van der Waals surface area (Å²) in [5.41, 5.74) is 0.981. The van der Waals surface area contributed by atoms with Crippen molar-refractivity contribution in [2.75, 3.05) is 26.7 Å². The van der Waals surface area contributed by atoms with Crippen molar-refractivity contribution in [2.45, 2.75) is 31.1 Å². The number of nitrogens with zero attached hydrogens (tertiary/aromatic N) is 1. The lowest BCUT2D eigenvalue weighted by molar-refractivity contribution is 0.263. The predicted octanol–water partition coefficient (Wildman–Crippen LogP) is 2.43. The minimum Gasteiger partial charge on any atom is -0.320 e. The van der Waals surface area contributed by atoms with E-state index in [-0.39, 0.29) is 12.4 Å². The van der Waals surface area contributed by atoms with Gasteiger partial charge < -0.3 is 5.32 Å². The van der Waals surface area contributed by atoms with Gasteiger partial charge in [0.2, 0.25) is 10.0 Å². The molecule has 1 saturated heterocycles. The van der Waals surface area contributed by atoms with Crippen molar-refractivity contribution in [2.24, 2.45) is 5.92 Å². The van der Waals surface area contributed by atoms with Crippen LogP contribution in [-0.2, 0) is 10.0 Å². The molecule has 0 spiro atoms. The van der Waals surface area contributed by atoms with Gasteiger partial charge in [-0.05, 0) is 63.4 Å². The second-order valence-electron chi connectivity index (χ2n) is 5.56. The molecule has 1 heterocycles. The molecule has 1 aliphatic rings. The second-order valence-corrected chi connectivity index (χ2v) is 7.49. The van der Waals surface area contributed by atoms with Crippen molar-refractivity contribution in [3.05, 3.63) is 29.8 Å². The first kappa shape index (κ1) is 18.4. The minimum atomic E-state index is -3.31. The van der Waals surface area contributed by atoms with Gasteiger partial charge in [-0.2, -0.15) is 4.31 Å². The molecule has 0 aliphatic carbocycles. The Morgan fingerprint density at radius 3 is 2.52 bits per heavy atom. The lowest BCUT2D eigenvalue weighted by atomic mass is 9.95. The molecule has 0 unspecified atom stereocenters. The van der Waals surface area contributed by atoms with E-state index in [1.807, 2.05) is 26.1 Å². The van der Waals surface area contributed by atoms with Crippen LogP contribution in [0, 0.1) is 12.8 Å². The molecule has 0 saturated carbocycles. The standard InChI is InChI=1S/C15H24N2O2S.ClH/c1-13-4-3-5-15(12-13)20(18,19)17-10-7-14(8-11-17)6-9-16-2;/h3-5,12,14,16H,6-11H2,1-2H3;1H. The Labute approximate surface area is 134 Å². The Morgan fingerprint density at radius 1 is 1.29 bits per heavy atom. The molecule has 6 heteroatoms. The Hall–Kier alpha value is -0.620. The summed E-state index contributed by atoms with van der Waals surface area (Å²) in [7, 11) is -1.36. The van der Waals surface area contributed by atoms with Crippen LogP contribution in [0.5, 0.6) is 0 Å². The van der Waals surface area contributed by atoms with E-state index in [1.54, 1.807) is 16.4 Å². The molecule has 1 fully saturated rings. The number of hydrogen-bond acceptors (Lipinski definition) is 3. The molecule has 4 nitrogen and oxygen atoms in total. The van der Waals surface area contributed by atoms with Gasteiger partial charge in [-0.3, -0.25) is 0 Å². The molecular weight excluding hydrogens is 308 g/mol. The minimum absolute atomic E-state index is 0. The van der Waals surface area contributed by atoms with Gasteiger partial charge in [0.15, 0.2) is 0 Å². The van der Waals surface area contributed by atoms with Crippen LogP contribution in [0.2, 0.25) is 0 Å². The lowest BCUT2D eigenvalue weighted by Crippen LogP contribution is -2.38. The van der Waals surface area contributed by atoms with E-state index in [9.17, 15) is 8.42 Å². The quantitative estimate of drug-likeness (QED) is 0.901. The molecule has 1 aromatic rings. The van der Waals surface area contributed by atoms with E-state index in [0.717, 1.165) is 31.4 Å². The SMILES string of the molecule is CNCCC1CCN(S(=O)(=O)c2cccc(C)c2)CC1.Cl. The average Bonchev–Trinajstić information content (AvgIpc) is 2.45. The normalized spacial score (nSPS) is 17.4. The lowest BCUT2D eigenvalue weighted by Gasteiger charge is -2.31. The third-order valence-corrected chi connectivity index (χ3v) is 5.90. The first-order chi connectivity index (χ1) is 9.54. The van der Waals surface area contributed by atoms with Crippen molar-refractivity contribution in [3.8, 4) is 0 Å². The number of nitrogens with one attached hydrogen (secondary N) is 1. The van der Waals surface area contributed by atoms with Crippen molar-refractivity contribution < 1.29 is 8.42 Å². The van der Waals surface area contributed by atoms with Crippen LogP contribution in [-0.4, -0.2) is 39.4 Å². The van der Waals surface area contributed by atoms with E-state index < -0.39 is 10.0 Å². The molecule has 0 radical (unpaired) electrons. The molecule has 1 aromatic carbocycles. The highest BCUT2D eigenvalue weighted by Gasteiger charge is 2.29. The molecule has 0 aromatic heterocycles. The first-order valence-corrected chi connectivity index (χ1v) is 8.69. The largest absolute Gasteiger partial charge is 0.320 e. The third-order valence-electron chi connectivity index (χ3n) is 4.00. The summed E-state index contributed by atoms with van der Waals surface area (Å²) in [6.45, 7) is 4.22. The van der Waals surface area contributed by atoms with E-state index in [0.29, 0.717) is 23.9 Å². The zero-order valence-electron chi connectivity index (χ0n) is 12.7. The number of piperidine rings is 1. The van der Waals surface area contributed by atoms with Crippen LogP contribution in [0.3, 0.4) is 0 Å². The number of hydrogen-bond donors (Lipinski definition) is 1. The molecule has 1 N–H and O–H groups in total. The topological polar surface area (TPSA) is 49.4 Å². The number of aryl methyl sites for hydroxylation is 1. The van der Waals surface area contributed by atoms with E-state index in [2.05, 4.69) is 5.32 Å². The maximum absolute atomic E-state index is 12.6. The Bertz CT molecular complexity index is 540. The Morgan fingerprint density at radius 2 is 1.95 bits per heavy atom. The zero-order valence-corrected chi connectivity index (χ0v) is 14.3. The van der Waals surface area contributed by atoms with Gasteiger partial charge in [0.1, 0.15) is 0 Å². The van der Waals surface area contributed by atoms with Crippen molar-refractivity contribution in [1.82, 2.24) is 9.62 Å². The highest BCUT2D eigenvalue weighted by Crippen LogP contribution is 2.25. The van der Waals surface area contributed by atoms with E-state index in [4.69, 9.17) is 0 Å². The van der Waals surface area contributed by atoms with Crippen LogP contribution >= 0.6 is 12.4 Å². The zero-order chi connectivity index (χ0) is 14.6. The van der Waals surface area contributed by atoms with Crippen LogP contribution in [0.1, 0.15) is 24.8 Å². The van der Waals surface area contributed by atoms with Crippen molar-refractivity contribution in [1.29, 1.82) is 0 Å². The van der Waals surface area contributed by atoms with Gasteiger partial charge in [-0.25, -0.2) is 8.42 Å². The van der Waals surface area contributed by atoms with E-state index in [1.165, 1.54) is 0 Å². The van der Waals surface area contributed by atoms with Gasteiger partial charge in [0, 0.05) is 13.1 Å². The van der Waals surface area contributed by atoms with Crippen LogP contribution < -0.4 is 5.32 Å². The molecule has 21 heavy (non-hydrogen) atoms. The molecule has 0 amide bonds. The molecule has 2 rings (SSSR count). The van der Waals surface area contributed by atoms with Gasteiger partial charge in [0.05, 0.1) is 4.90 Å².